The minimum absolute atomic E-state index is 0.125. The minimum Gasteiger partial charge on any atom is -0.309 e. The molecule has 4 nitrogen and oxygen atoms in total. The third kappa shape index (κ3) is 2.77. The summed E-state index contributed by atoms with van der Waals surface area (Å²) in [5, 5.41) is 2.45. The summed E-state index contributed by atoms with van der Waals surface area (Å²) in [6.45, 7) is 0.246. The van der Waals surface area contributed by atoms with E-state index in [0.717, 1.165) is 25.7 Å². The molecule has 114 valence electrons. The van der Waals surface area contributed by atoms with Gasteiger partial charge in [0.1, 0.15) is 5.25 Å². The predicted molar refractivity (Wildman–Crippen MR) is 80.9 cm³/mol. The standard InChI is InChI=1S/C16H21NO3S/c18-14-11-16(9-5-2-6-10-16)17-12-15(14)21(19,20)13-7-3-1-4-8-13/h1,3-4,7-8,15,17H,2,5-6,9-12H2. The van der Waals surface area contributed by atoms with Gasteiger partial charge in [0.05, 0.1) is 4.90 Å². The lowest BCUT2D eigenvalue weighted by molar-refractivity contribution is -0.122. The molecule has 5 heteroatoms. The van der Waals surface area contributed by atoms with Crippen molar-refractivity contribution in [3.8, 4) is 0 Å². The summed E-state index contributed by atoms with van der Waals surface area (Å²) in [6, 6.07) is 8.28. The number of rotatable bonds is 2. The van der Waals surface area contributed by atoms with Gasteiger partial charge in [-0.1, -0.05) is 37.5 Å². The first kappa shape index (κ1) is 14.7. The summed E-state index contributed by atoms with van der Waals surface area (Å²) in [6.07, 6.45) is 5.77. The van der Waals surface area contributed by atoms with E-state index in [2.05, 4.69) is 5.32 Å². The summed E-state index contributed by atoms with van der Waals surface area (Å²) in [5.41, 5.74) is -0.141. The van der Waals surface area contributed by atoms with Gasteiger partial charge in [-0.05, 0) is 25.0 Å². The first-order valence-corrected chi connectivity index (χ1v) is 9.15. The normalized spacial score (nSPS) is 25.9. The van der Waals surface area contributed by atoms with E-state index in [-0.39, 0.29) is 22.8 Å². The fourth-order valence-electron chi connectivity index (χ4n) is 3.57. The Kier molecular flexibility index (Phi) is 3.88. The highest BCUT2D eigenvalue weighted by Gasteiger charge is 2.45. The van der Waals surface area contributed by atoms with Crippen LogP contribution in [0.1, 0.15) is 38.5 Å². The van der Waals surface area contributed by atoms with E-state index < -0.39 is 15.1 Å². The van der Waals surface area contributed by atoms with Crippen LogP contribution < -0.4 is 5.32 Å². The van der Waals surface area contributed by atoms with Gasteiger partial charge in [0, 0.05) is 18.5 Å². The van der Waals surface area contributed by atoms with Gasteiger partial charge in [0.2, 0.25) is 0 Å². The average molecular weight is 307 g/mol. The molecule has 1 spiro atoms. The van der Waals surface area contributed by atoms with Crippen LogP contribution in [0.3, 0.4) is 0 Å². The topological polar surface area (TPSA) is 63.2 Å². The molecule has 1 N–H and O–H groups in total. The third-order valence-corrected chi connectivity index (χ3v) is 6.90. The number of hydrogen-bond donors (Lipinski definition) is 1. The number of nitrogens with one attached hydrogen (secondary N) is 1. The maximum atomic E-state index is 12.6. The zero-order valence-electron chi connectivity index (χ0n) is 12.0. The molecule has 1 aliphatic heterocycles. The molecule has 1 saturated carbocycles. The zero-order chi connectivity index (χ0) is 14.9. The molecule has 1 unspecified atom stereocenters. The number of ketones is 1. The SMILES string of the molecule is O=C1CC2(CCCCC2)NCC1S(=O)(=O)c1ccccc1. The van der Waals surface area contributed by atoms with E-state index in [4.69, 9.17) is 0 Å². The van der Waals surface area contributed by atoms with Crippen molar-refractivity contribution in [2.24, 2.45) is 0 Å². The van der Waals surface area contributed by atoms with Crippen molar-refractivity contribution in [3.63, 3.8) is 0 Å². The molecular weight excluding hydrogens is 286 g/mol. The van der Waals surface area contributed by atoms with Gasteiger partial charge in [-0.15, -0.1) is 0 Å². The van der Waals surface area contributed by atoms with Gasteiger partial charge in [-0.3, -0.25) is 4.79 Å². The van der Waals surface area contributed by atoms with Crippen molar-refractivity contribution in [1.82, 2.24) is 5.32 Å². The Morgan fingerprint density at radius 1 is 1.05 bits per heavy atom. The fourth-order valence-corrected chi connectivity index (χ4v) is 5.17. The summed E-state index contributed by atoms with van der Waals surface area (Å²) in [5.74, 6) is -0.125. The smallest absolute Gasteiger partial charge is 0.189 e. The lowest BCUT2D eigenvalue weighted by atomic mass is 9.76. The Balaban J connectivity index is 1.81. The van der Waals surface area contributed by atoms with E-state index in [1.54, 1.807) is 30.3 Å². The molecule has 21 heavy (non-hydrogen) atoms. The number of hydrogen-bond acceptors (Lipinski definition) is 4. The molecule has 1 aromatic rings. The van der Waals surface area contributed by atoms with Crippen LogP contribution in [0.2, 0.25) is 0 Å². The van der Waals surface area contributed by atoms with Crippen molar-refractivity contribution in [2.75, 3.05) is 6.54 Å². The van der Waals surface area contributed by atoms with Crippen molar-refractivity contribution in [3.05, 3.63) is 30.3 Å². The second kappa shape index (κ2) is 5.54. The first-order valence-electron chi connectivity index (χ1n) is 7.60. The lowest BCUT2D eigenvalue weighted by Gasteiger charge is -2.42. The Morgan fingerprint density at radius 3 is 2.33 bits per heavy atom. The van der Waals surface area contributed by atoms with Crippen LogP contribution in [-0.2, 0) is 14.6 Å². The Labute approximate surface area is 125 Å². The zero-order valence-corrected chi connectivity index (χ0v) is 12.9. The second-order valence-corrected chi connectivity index (χ2v) is 8.34. The molecule has 1 aromatic carbocycles. The maximum absolute atomic E-state index is 12.6. The summed E-state index contributed by atoms with van der Waals surface area (Å²) in [4.78, 5) is 12.7. The molecule has 0 aromatic heterocycles. The molecule has 1 heterocycles. The van der Waals surface area contributed by atoms with Crippen LogP contribution in [0.15, 0.2) is 35.2 Å². The van der Waals surface area contributed by atoms with Crippen LogP contribution in [-0.4, -0.2) is 31.5 Å². The lowest BCUT2D eigenvalue weighted by Crippen LogP contribution is -2.59. The first-order chi connectivity index (χ1) is 10.0. The molecular formula is C16H21NO3S. The van der Waals surface area contributed by atoms with E-state index in [1.165, 1.54) is 6.42 Å². The Bertz CT molecular complexity index is 618. The van der Waals surface area contributed by atoms with Crippen LogP contribution in [0.4, 0.5) is 0 Å². The van der Waals surface area contributed by atoms with E-state index in [0.29, 0.717) is 6.42 Å². The predicted octanol–water partition coefficient (Wildman–Crippen LogP) is 2.09. The summed E-state index contributed by atoms with van der Waals surface area (Å²) < 4.78 is 25.2. The number of carbonyl (C=O) groups is 1. The van der Waals surface area contributed by atoms with E-state index in [1.807, 2.05) is 0 Å². The van der Waals surface area contributed by atoms with Crippen molar-refractivity contribution < 1.29 is 13.2 Å². The van der Waals surface area contributed by atoms with Crippen LogP contribution in [0, 0.1) is 0 Å². The molecule has 2 aliphatic rings. The van der Waals surface area contributed by atoms with Gasteiger partial charge in [-0.25, -0.2) is 8.42 Å². The molecule has 0 amide bonds. The summed E-state index contributed by atoms with van der Waals surface area (Å²) in [7, 11) is -3.58. The van der Waals surface area contributed by atoms with Crippen LogP contribution in [0.25, 0.3) is 0 Å². The van der Waals surface area contributed by atoms with Gasteiger partial charge < -0.3 is 5.32 Å². The summed E-state index contributed by atoms with van der Waals surface area (Å²) >= 11 is 0. The minimum atomic E-state index is -3.58. The molecule has 0 bridgehead atoms. The van der Waals surface area contributed by atoms with Crippen molar-refractivity contribution in [2.45, 2.75) is 54.2 Å². The molecule has 3 rings (SSSR count). The highest BCUT2D eigenvalue weighted by Crippen LogP contribution is 2.35. The highest BCUT2D eigenvalue weighted by molar-refractivity contribution is 7.92. The molecule has 1 atom stereocenters. The molecule has 1 saturated heterocycles. The number of carbonyl (C=O) groups excluding carboxylic acids is 1. The maximum Gasteiger partial charge on any atom is 0.189 e. The Morgan fingerprint density at radius 2 is 1.71 bits per heavy atom. The number of benzene rings is 1. The Hall–Kier alpha value is -1.20. The highest BCUT2D eigenvalue weighted by atomic mass is 32.2. The molecule has 0 radical (unpaired) electrons. The van der Waals surface area contributed by atoms with E-state index in [9.17, 15) is 13.2 Å². The quantitative estimate of drug-likeness (QED) is 0.909. The average Bonchev–Trinajstić information content (AvgIpc) is 2.48. The molecule has 1 aliphatic carbocycles. The molecule has 2 fully saturated rings. The van der Waals surface area contributed by atoms with Crippen molar-refractivity contribution in [1.29, 1.82) is 0 Å². The monoisotopic (exact) mass is 307 g/mol. The van der Waals surface area contributed by atoms with Gasteiger partial charge >= 0.3 is 0 Å². The fraction of sp³-hybridized carbons (Fsp3) is 0.562. The number of sulfone groups is 1. The van der Waals surface area contributed by atoms with Crippen LogP contribution >= 0.6 is 0 Å². The number of piperidine rings is 1. The van der Waals surface area contributed by atoms with Gasteiger partial charge in [0.15, 0.2) is 15.6 Å². The van der Waals surface area contributed by atoms with Gasteiger partial charge in [0.25, 0.3) is 0 Å². The van der Waals surface area contributed by atoms with E-state index >= 15 is 0 Å². The largest absolute Gasteiger partial charge is 0.309 e. The second-order valence-electron chi connectivity index (χ2n) is 6.21. The van der Waals surface area contributed by atoms with Gasteiger partial charge in [-0.2, -0.15) is 0 Å². The van der Waals surface area contributed by atoms with Crippen molar-refractivity contribution >= 4 is 15.6 Å². The van der Waals surface area contributed by atoms with Crippen LogP contribution in [0.5, 0.6) is 0 Å². The third-order valence-electron chi connectivity index (χ3n) is 4.79. The number of Topliss-reactive ketones (excluding diaryl/α,β-unsaturated/α-hetero) is 1.